The van der Waals surface area contributed by atoms with E-state index in [2.05, 4.69) is 0 Å². The Labute approximate surface area is 204 Å². The molecule has 7 heteroatoms. The normalized spacial score (nSPS) is 13.8. The first-order valence-electron chi connectivity index (χ1n) is 10.9. The van der Waals surface area contributed by atoms with Crippen LogP contribution in [0.25, 0.3) is 6.08 Å². The maximum Gasteiger partial charge on any atom is 0.270 e. The van der Waals surface area contributed by atoms with Crippen LogP contribution in [0.5, 0.6) is 11.5 Å². The molecular formula is C27H24N2O4S. The third-order valence-electron chi connectivity index (χ3n) is 5.24. The lowest BCUT2D eigenvalue weighted by Gasteiger charge is -2.36. The maximum absolute atomic E-state index is 13.6. The highest BCUT2D eigenvalue weighted by Crippen LogP contribution is 2.32. The number of ether oxygens (including phenoxy) is 2. The van der Waals surface area contributed by atoms with Gasteiger partial charge in [0.2, 0.25) is 0 Å². The number of amides is 2. The van der Waals surface area contributed by atoms with Crippen molar-refractivity contribution in [1.82, 2.24) is 0 Å². The van der Waals surface area contributed by atoms with Gasteiger partial charge in [-0.25, -0.2) is 0 Å². The van der Waals surface area contributed by atoms with Gasteiger partial charge in [-0.2, -0.15) is 0 Å². The Hall–Kier alpha value is -3.97. The summed E-state index contributed by atoms with van der Waals surface area (Å²) in [6, 6.07) is 23.4. The van der Waals surface area contributed by atoms with Crippen LogP contribution in [0.2, 0.25) is 0 Å². The van der Waals surface area contributed by atoms with Crippen LogP contribution in [0.15, 0.2) is 84.4 Å². The molecule has 0 spiro atoms. The number of hydrogen-bond acceptors (Lipinski definition) is 5. The molecule has 1 aliphatic rings. The van der Waals surface area contributed by atoms with Gasteiger partial charge in [-0.3, -0.25) is 19.4 Å². The smallest absolute Gasteiger partial charge is 0.270 e. The first-order chi connectivity index (χ1) is 16.5. The molecule has 34 heavy (non-hydrogen) atoms. The number of carbonyl (C=O) groups excluding carboxylic acids is 2. The molecule has 0 radical (unpaired) electrons. The summed E-state index contributed by atoms with van der Waals surface area (Å²) in [6.45, 7) is 2.58. The molecule has 172 valence electrons. The highest BCUT2D eigenvalue weighted by atomic mass is 32.1. The number of carbonyl (C=O) groups is 2. The van der Waals surface area contributed by atoms with Crippen LogP contribution in [-0.4, -0.2) is 30.6 Å². The fraction of sp³-hybridized carbons (Fsp3) is 0.148. The number of thiocarbonyl (C=S) groups is 1. The van der Waals surface area contributed by atoms with E-state index in [9.17, 15) is 9.59 Å². The van der Waals surface area contributed by atoms with E-state index in [0.29, 0.717) is 35.0 Å². The number of methoxy groups -OCH3 is 1. The van der Waals surface area contributed by atoms with Gasteiger partial charge in [-0.15, -0.1) is 0 Å². The molecule has 6 nitrogen and oxygen atoms in total. The Morgan fingerprint density at radius 1 is 0.824 bits per heavy atom. The zero-order valence-corrected chi connectivity index (χ0v) is 19.7. The predicted octanol–water partition coefficient (Wildman–Crippen LogP) is 5.23. The van der Waals surface area contributed by atoms with Gasteiger partial charge in [0.1, 0.15) is 5.57 Å². The van der Waals surface area contributed by atoms with Crippen molar-refractivity contribution in [2.45, 2.75) is 13.3 Å². The maximum atomic E-state index is 13.6. The largest absolute Gasteiger partial charge is 0.493 e. The van der Waals surface area contributed by atoms with Crippen LogP contribution in [-0.2, 0) is 9.59 Å². The first-order valence-corrected chi connectivity index (χ1v) is 11.3. The van der Waals surface area contributed by atoms with Crippen molar-refractivity contribution in [2.75, 3.05) is 23.5 Å². The van der Waals surface area contributed by atoms with Gasteiger partial charge in [-0.05, 0) is 66.7 Å². The summed E-state index contributed by atoms with van der Waals surface area (Å²) in [5.74, 6) is 0.150. The highest BCUT2D eigenvalue weighted by Gasteiger charge is 2.41. The second-order valence-electron chi connectivity index (χ2n) is 7.55. The van der Waals surface area contributed by atoms with Crippen LogP contribution in [0, 0.1) is 0 Å². The summed E-state index contributed by atoms with van der Waals surface area (Å²) in [5, 5.41) is 0.102. The van der Waals surface area contributed by atoms with Gasteiger partial charge in [0.25, 0.3) is 11.8 Å². The molecule has 4 rings (SSSR count). The lowest BCUT2D eigenvalue weighted by molar-refractivity contribution is -0.120. The average Bonchev–Trinajstić information content (AvgIpc) is 2.87. The minimum atomic E-state index is -0.487. The quantitative estimate of drug-likeness (QED) is 0.268. The van der Waals surface area contributed by atoms with E-state index in [1.54, 1.807) is 55.7 Å². The molecule has 0 aliphatic carbocycles. The Morgan fingerprint density at radius 3 is 1.88 bits per heavy atom. The van der Waals surface area contributed by atoms with Crippen molar-refractivity contribution in [1.29, 1.82) is 0 Å². The van der Waals surface area contributed by atoms with E-state index in [1.165, 1.54) is 9.80 Å². The van der Waals surface area contributed by atoms with Gasteiger partial charge in [0.15, 0.2) is 16.6 Å². The third-order valence-corrected chi connectivity index (χ3v) is 5.60. The van der Waals surface area contributed by atoms with E-state index < -0.39 is 11.8 Å². The van der Waals surface area contributed by atoms with Gasteiger partial charge in [0.05, 0.1) is 25.1 Å². The number of anilines is 2. The molecule has 0 saturated carbocycles. The van der Waals surface area contributed by atoms with E-state index in [-0.39, 0.29) is 10.7 Å². The Kier molecular flexibility index (Phi) is 7.04. The number of para-hydroxylation sites is 2. The van der Waals surface area contributed by atoms with Crippen molar-refractivity contribution in [3.8, 4) is 11.5 Å². The number of benzene rings is 3. The van der Waals surface area contributed by atoms with Gasteiger partial charge < -0.3 is 9.47 Å². The monoisotopic (exact) mass is 472 g/mol. The molecule has 0 unspecified atom stereocenters. The average molecular weight is 473 g/mol. The topological polar surface area (TPSA) is 59.1 Å². The third kappa shape index (κ3) is 4.56. The van der Waals surface area contributed by atoms with E-state index >= 15 is 0 Å². The Balaban J connectivity index is 1.80. The summed E-state index contributed by atoms with van der Waals surface area (Å²) in [6.07, 6.45) is 2.42. The lowest BCUT2D eigenvalue weighted by Crippen LogP contribution is -2.56. The standard InChI is InChI=1S/C27H24N2O4S/c1-3-16-33-23-15-14-19(18-24(23)32-2)17-22-25(30)28(20-10-6-4-7-11-20)27(34)29(26(22)31)21-12-8-5-9-13-21/h4-15,17-18H,3,16H2,1-2H3. The molecule has 0 atom stereocenters. The van der Waals surface area contributed by atoms with Gasteiger partial charge in [0, 0.05) is 0 Å². The van der Waals surface area contributed by atoms with Crippen LogP contribution in [0.3, 0.4) is 0 Å². The zero-order valence-electron chi connectivity index (χ0n) is 18.9. The molecule has 0 N–H and O–H groups in total. The molecule has 1 fully saturated rings. The number of rotatable bonds is 7. The molecule has 1 heterocycles. The minimum Gasteiger partial charge on any atom is -0.493 e. The van der Waals surface area contributed by atoms with Crippen molar-refractivity contribution >= 4 is 46.6 Å². The SMILES string of the molecule is CCCOc1ccc(C=C2C(=O)N(c3ccccc3)C(=S)N(c3ccccc3)C2=O)cc1OC. The molecule has 3 aromatic rings. The second-order valence-corrected chi connectivity index (χ2v) is 7.92. The zero-order chi connectivity index (χ0) is 24.1. The summed E-state index contributed by atoms with van der Waals surface area (Å²) in [7, 11) is 1.55. The lowest BCUT2D eigenvalue weighted by atomic mass is 10.0. The molecule has 1 saturated heterocycles. The number of hydrogen-bond donors (Lipinski definition) is 0. The van der Waals surface area contributed by atoms with Crippen molar-refractivity contribution < 1.29 is 19.1 Å². The predicted molar refractivity (Wildman–Crippen MR) is 137 cm³/mol. The van der Waals surface area contributed by atoms with Crippen LogP contribution < -0.4 is 19.3 Å². The summed E-state index contributed by atoms with van der Waals surface area (Å²) >= 11 is 5.63. The van der Waals surface area contributed by atoms with Gasteiger partial charge >= 0.3 is 0 Å². The van der Waals surface area contributed by atoms with E-state index in [0.717, 1.165) is 6.42 Å². The van der Waals surface area contributed by atoms with E-state index in [1.807, 2.05) is 43.3 Å². The molecule has 1 aliphatic heterocycles. The van der Waals surface area contributed by atoms with Crippen molar-refractivity contribution in [3.05, 3.63) is 90.0 Å². The van der Waals surface area contributed by atoms with Gasteiger partial charge in [-0.1, -0.05) is 49.4 Å². The first kappa shape index (κ1) is 23.2. The highest BCUT2D eigenvalue weighted by molar-refractivity contribution is 7.81. The second kappa shape index (κ2) is 10.3. The summed E-state index contributed by atoms with van der Waals surface area (Å²) in [4.78, 5) is 29.9. The van der Waals surface area contributed by atoms with Crippen LogP contribution in [0.4, 0.5) is 11.4 Å². The fourth-order valence-electron chi connectivity index (χ4n) is 3.61. The molecule has 0 bridgehead atoms. The van der Waals surface area contributed by atoms with Crippen LogP contribution in [0.1, 0.15) is 18.9 Å². The minimum absolute atomic E-state index is 0.00872. The Morgan fingerprint density at radius 2 is 1.38 bits per heavy atom. The molecular weight excluding hydrogens is 448 g/mol. The Bertz CT molecular complexity index is 1180. The van der Waals surface area contributed by atoms with Crippen molar-refractivity contribution in [3.63, 3.8) is 0 Å². The molecule has 0 aromatic heterocycles. The van der Waals surface area contributed by atoms with E-state index in [4.69, 9.17) is 21.7 Å². The molecule has 3 aromatic carbocycles. The van der Waals surface area contributed by atoms with Crippen LogP contribution >= 0.6 is 12.2 Å². The molecule has 2 amide bonds. The summed E-state index contributed by atoms with van der Waals surface area (Å²) < 4.78 is 11.2. The fourth-order valence-corrected chi connectivity index (χ4v) is 3.99. The summed E-state index contributed by atoms with van der Waals surface area (Å²) in [5.41, 5.74) is 1.78. The van der Waals surface area contributed by atoms with Crippen molar-refractivity contribution in [2.24, 2.45) is 0 Å². The number of nitrogens with zero attached hydrogens (tertiary/aromatic N) is 2.